The van der Waals surface area contributed by atoms with Gasteiger partial charge in [-0.2, -0.15) is 12.7 Å². The normalized spacial score (nSPS) is 15.1. The van der Waals surface area contributed by atoms with Crippen LogP contribution in [0.1, 0.15) is 5.56 Å². The molecule has 2 aromatic rings. The number of nitro groups is 1. The summed E-state index contributed by atoms with van der Waals surface area (Å²) in [6, 6.07) is 12.1. The Morgan fingerprint density at radius 2 is 1.69 bits per heavy atom. The first-order valence-corrected chi connectivity index (χ1v) is 15.6. The molecular formula is C22H29BrN4O7S2. The van der Waals surface area contributed by atoms with E-state index in [-0.39, 0.29) is 36.8 Å². The van der Waals surface area contributed by atoms with Crippen LogP contribution >= 0.6 is 15.9 Å². The maximum Gasteiger partial charge on any atom is 0.271 e. The lowest BCUT2D eigenvalue weighted by Crippen LogP contribution is -2.49. The van der Waals surface area contributed by atoms with Crippen LogP contribution in [0.3, 0.4) is 0 Å². The van der Waals surface area contributed by atoms with Crippen LogP contribution < -0.4 is 9.80 Å². The first-order chi connectivity index (χ1) is 16.9. The molecule has 0 unspecified atom stereocenters. The molecule has 0 saturated carbocycles. The summed E-state index contributed by atoms with van der Waals surface area (Å²) in [5, 5.41) is 12.0. The highest BCUT2D eigenvalue weighted by Gasteiger charge is 2.34. The Balaban J connectivity index is 1.96. The zero-order chi connectivity index (χ0) is 26.5. The Bertz CT molecular complexity index is 1280. The number of nitro benzene ring substituents is 1. The highest BCUT2D eigenvalue weighted by atomic mass is 79.9. The van der Waals surface area contributed by atoms with Crippen LogP contribution in [-0.4, -0.2) is 83.5 Å². The molecule has 3 rings (SSSR count). The van der Waals surface area contributed by atoms with Crippen molar-refractivity contribution in [1.29, 1.82) is 0 Å². The van der Waals surface area contributed by atoms with E-state index in [1.165, 1.54) is 10.4 Å². The van der Waals surface area contributed by atoms with Gasteiger partial charge in [-0.15, -0.1) is 0 Å². The van der Waals surface area contributed by atoms with Gasteiger partial charge in [-0.05, 0) is 24.6 Å². The van der Waals surface area contributed by atoms with Gasteiger partial charge in [0.1, 0.15) is 4.90 Å². The van der Waals surface area contributed by atoms with Crippen LogP contribution in [0.25, 0.3) is 0 Å². The molecule has 0 aromatic heterocycles. The van der Waals surface area contributed by atoms with E-state index >= 15 is 0 Å². The number of hydrogen-bond acceptors (Lipinski definition) is 9. The topological polar surface area (TPSA) is 130 Å². The minimum atomic E-state index is -4.11. The molecule has 1 saturated heterocycles. The summed E-state index contributed by atoms with van der Waals surface area (Å²) >= 11 is 3.35. The van der Waals surface area contributed by atoms with Crippen molar-refractivity contribution in [3.8, 4) is 0 Å². The fourth-order valence-electron chi connectivity index (χ4n) is 4.14. The largest absolute Gasteiger partial charge is 0.369 e. The molecule has 0 radical (unpaired) electrons. The minimum absolute atomic E-state index is 0.0711. The van der Waals surface area contributed by atoms with E-state index in [0.29, 0.717) is 36.2 Å². The maximum absolute atomic E-state index is 13.8. The molecule has 14 heteroatoms. The lowest BCUT2D eigenvalue weighted by Gasteiger charge is -2.36. The van der Waals surface area contributed by atoms with Crippen LogP contribution in [0.15, 0.2) is 47.4 Å². The summed E-state index contributed by atoms with van der Waals surface area (Å²) in [7, 11) is -7.80. The van der Waals surface area contributed by atoms with Gasteiger partial charge in [-0.25, -0.2) is 8.42 Å². The van der Waals surface area contributed by atoms with Crippen molar-refractivity contribution in [2.24, 2.45) is 0 Å². The summed E-state index contributed by atoms with van der Waals surface area (Å²) in [6.45, 7) is 3.18. The van der Waals surface area contributed by atoms with Crippen molar-refractivity contribution in [1.82, 2.24) is 4.31 Å². The molecule has 0 spiro atoms. The molecule has 11 nitrogen and oxygen atoms in total. The fourth-order valence-corrected chi connectivity index (χ4v) is 6.67. The van der Waals surface area contributed by atoms with Crippen LogP contribution in [0.4, 0.5) is 17.1 Å². The van der Waals surface area contributed by atoms with E-state index in [2.05, 4.69) is 20.8 Å². The van der Waals surface area contributed by atoms with Crippen molar-refractivity contribution in [3.63, 3.8) is 0 Å². The number of benzene rings is 2. The van der Waals surface area contributed by atoms with Gasteiger partial charge in [0.2, 0.25) is 10.0 Å². The van der Waals surface area contributed by atoms with Crippen LogP contribution in [0, 0.1) is 17.0 Å². The highest BCUT2D eigenvalue weighted by molar-refractivity contribution is 9.09. The zero-order valence-electron chi connectivity index (χ0n) is 20.0. The van der Waals surface area contributed by atoms with Crippen molar-refractivity contribution >= 4 is 53.1 Å². The van der Waals surface area contributed by atoms with Gasteiger partial charge in [0, 0.05) is 62.4 Å². The smallest absolute Gasteiger partial charge is 0.271 e. The number of aryl methyl sites for hydroxylation is 1. The van der Waals surface area contributed by atoms with E-state index < -0.39 is 25.1 Å². The number of halogens is 1. The minimum Gasteiger partial charge on any atom is -0.369 e. The molecule has 0 aliphatic carbocycles. The molecule has 198 valence electrons. The number of hydrogen-bond donors (Lipinski definition) is 0. The third kappa shape index (κ3) is 6.94. The van der Waals surface area contributed by atoms with Gasteiger partial charge >= 0.3 is 0 Å². The number of piperazine rings is 1. The van der Waals surface area contributed by atoms with Crippen LogP contribution in [0.2, 0.25) is 0 Å². The summed E-state index contributed by atoms with van der Waals surface area (Å²) < 4.78 is 56.7. The molecule has 1 aliphatic heterocycles. The third-order valence-corrected chi connectivity index (χ3v) is 8.63. The van der Waals surface area contributed by atoms with Gasteiger partial charge in [-0.1, -0.05) is 34.1 Å². The Morgan fingerprint density at radius 1 is 1.06 bits per heavy atom. The van der Waals surface area contributed by atoms with Gasteiger partial charge < -0.3 is 9.80 Å². The van der Waals surface area contributed by atoms with E-state index in [1.54, 1.807) is 11.8 Å². The summed E-state index contributed by atoms with van der Waals surface area (Å²) in [5.74, 6) is 0. The van der Waals surface area contributed by atoms with E-state index in [0.717, 1.165) is 18.0 Å². The van der Waals surface area contributed by atoms with Crippen LogP contribution in [-0.2, 0) is 24.3 Å². The van der Waals surface area contributed by atoms with Crippen molar-refractivity contribution < 1.29 is 25.9 Å². The Hall–Kier alpha value is -2.26. The van der Waals surface area contributed by atoms with Gasteiger partial charge in [-0.3, -0.25) is 14.3 Å². The average molecular weight is 606 g/mol. The third-order valence-electron chi connectivity index (χ3n) is 5.77. The van der Waals surface area contributed by atoms with Gasteiger partial charge in [0.15, 0.2) is 0 Å². The number of anilines is 2. The highest BCUT2D eigenvalue weighted by Crippen LogP contribution is 2.36. The van der Waals surface area contributed by atoms with Crippen LogP contribution in [0.5, 0.6) is 0 Å². The predicted octanol–water partition coefficient (Wildman–Crippen LogP) is 2.59. The van der Waals surface area contributed by atoms with Crippen molar-refractivity contribution in [2.45, 2.75) is 11.8 Å². The lowest BCUT2D eigenvalue weighted by molar-refractivity contribution is -0.385. The zero-order valence-corrected chi connectivity index (χ0v) is 23.3. The first kappa shape index (κ1) is 28.3. The monoisotopic (exact) mass is 604 g/mol. The number of non-ortho nitro benzene ring substituents is 1. The van der Waals surface area contributed by atoms with Gasteiger partial charge in [0.05, 0.1) is 23.5 Å². The fraction of sp³-hybridized carbons (Fsp3) is 0.455. The molecular weight excluding hydrogens is 576 g/mol. The van der Waals surface area contributed by atoms with Crippen molar-refractivity contribution in [2.75, 3.05) is 67.3 Å². The first-order valence-electron chi connectivity index (χ1n) is 11.2. The molecule has 1 fully saturated rings. The number of rotatable bonds is 11. The SMILES string of the molecule is Cc1cc([N+](=O)[O-])cc(S(=O)(=O)N2CCN(c3ccccc3)CC2)c1N(CCBr)CCOS(C)(=O)=O. The standard InChI is InChI=1S/C22H29BrN4O7S2/c1-18-16-20(27(28)29)17-21(22(18)25(9-8-23)14-15-34-35(2,30)31)36(32,33)26-12-10-24(11-13-26)19-6-4-3-5-7-19/h3-7,16-17H,8-15H2,1-2H3. The molecule has 0 amide bonds. The van der Waals surface area contributed by atoms with E-state index in [1.807, 2.05) is 30.3 Å². The second-order valence-corrected chi connectivity index (χ2v) is 12.6. The van der Waals surface area contributed by atoms with E-state index in [4.69, 9.17) is 4.18 Å². The molecule has 0 atom stereocenters. The number of nitrogens with zero attached hydrogens (tertiary/aromatic N) is 4. The molecule has 1 aliphatic rings. The molecule has 0 bridgehead atoms. The van der Waals surface area contributed by atoms with E-state index in [9.17, 15) is 26.9 Å². The second-order valence-electron chi connectivity index (χ2n) is 8.30. The quantitative estimate of drug-likeness (QED) is 0.164. The summed E-state index contributed by atoms with van der Waals surface area (Å²) in [5.41, 5.74) is 1.35. The second kappa shape index (κ2) is 11.9. The Morgan fingerprint density at radius 3 is 2.25 bits per heavy atom. The Labute approximate surface area is 220 Å². The lowest BCUT2D eigenvalue weighted by atomic mass is 10.1. The van der Waals surface area contributed by atoms with Gasteiger partial charge in [0.25, 0.3) is 15.8 Å². The molecule has 1 heterocycles. The Kier molecular flexibility index (Phi) is 9.33. The number of alkyl halides is 1. The summed E-state index contributed by atoms with van der Waals surface area (Å²) in [6.07, 6.45) is 0.934. The average Bonchev–Trinajstić information content (AvgIpc) is 2.83. The predicted molar refractivity (Wildman–Crippen MR) is 142 cm³/mol. The molecule has 2 aromatic carbocycles. The number of para-hydroxylation sites is 1. The number of sulfonamides is 1. The summed E-state index contributed by atoms with van der Waals surface area (Å²) in [4.78, 5) is 14.5. The maximum atomic E-state index is 13.8. The molecule has 0 N–H and O–H groups in total. The van der Waals surface area contributed by atoms with Crippen molar-refractivity contribution in [3.05, 3.63) is 58.1 Å². The molecule has 36 heavy (non-hydrogen) atoms.